The molecule has 124 valence electrons. The Morgan fingerprint density at radius 3 is 2.61 bits per heavy atom. The predicted octanol–water partition coefficient (Wildman–Crippen LogP) is 3.24. The molecule has 23 heavy (non-hydrogen) atoms. The Balaban J connectivity index is 1.82. The van der Waals surface area contributed by atoms with Crippen molar-refractivity contribution in [2.45, 2.75) is 32.9 Å². The molecule has 3 N–H and O–H groups in total. The summed E-state index contributed by atoms with van der Waals surface area (Å²) in [6.45, 7) is 6.31. The lowest BCUT2D eigenvalue weighted by atomic mass is 10.1. The van der Waals surface area contributed by atoms with Crippen LogP contribution in [0.25, 0.3) is 0 Å². The van der Waals surface area contributed by atoms with E-state index in [4.69, 9.17) is 0 Å². The Kier molecular flexibility index (Phi) is 7.10. The molecule has 1 aromatic carbocycles. The van der Waals surface area contributed by atoms with Gasteiger partial charge in [-0.1, -0.05) is 30.3 Å². The number of aliphatic hydroxyl groups is 1. The van der Waals surface area contributed by atoms with Gasteiger partial charge >= 0.3 is 0 Å². The van der Waals surface area contributed by atoms with Crippen LogP contribution in [0.5, 0.6) is 0 Å². The highest BCUT2D eigenvalue weighted by Gasteiger charge is 2.07. The zero-order valence-corrected chi connectivity index (χ0v) is 14.6. The SMILES string of the molecule is CCNC(=NCc1ccc(C)s1)NCCC(O)c1ccccc1. The van der Waals surface area contributed by atoms with E-state index in [9.17, 15) is 5.11 Å². The molecule has 5 heteroatoms. The van der Waals surface area contributed by atoms with Gasteiger partial charge in [0.25, 0.3) is 0 Å². The van der Waals surface area contributed by atoms with Gasteiger partial charge in [0.15, 0.2) is 5.96 Å². The molecule has 0 bridgehead atoms. The van der Waals surface area contributed by atoms with Gasteiger partial charge in [-0.3, -0.25) is 0 Å². The first-order valence-electron chi connectivity index (χ1n) is 7.99. The summed E-state index contributed by atoms with van der Waals surface area (Å²) in [6, 6.07) is 14.0. The van der Waals surface area contributed by atoms with Crippen LogP contribution < -0.4 is 10.6 Å². The minimum atomic E-state index is -0.452. The van der Waals surface area contributed by atoms with Crippen molar-refractivity contribution < 1.29 is 5.11 Å². The van der Waals surface area contributed by atoms with Crippen LogP contribution in [0.1, 0.15) is 34.8 Å². The second-order valence-electron chi connectivity index (χ2n) is 5.35. The molecule has 4 nitrogen and oxygen atoms in total. The summed E-state index contributed by atoms with van der Waals surface area (Å²) in [5.74, 6) is 0.791. The summed E-state index contributed by atoms with van der Waals surface area (Å²) < 4.78 is 0. The van der Waals surface area contributed by atoms with Crippen LogP contribution >= 0.6 is 11.3 Å². The van der Waals surface area contributed by atoms with Crippen LogP contribution in [0.2, 0.25) is 0 Å². The van der Waals surface area contributed by atoms with Gasteiger partial charge in [0.2, 0.25) is 0 Å². The molecule has 0 aliphatic heterocycles. The second-order valence-corrected chi connectivity index (χ2v) is 6.72. The largest absolute Gasteiger partial charge is 0.388 e. The predicted molar refractivity (Wildman–Crippen MR) is 97.9 cm³/mol. The number of nitrogens with one attached hydrogen (secondary N) is 2. The summed E-state index contributed by atoms with van der Waals surface area (Å²) >= 11 is 1.77. The number of hydrogen-bond acceptors (Lipinski definition) is 3. The first-order valence-corrected chi connectivity index (χ1v) is 8.81. The summed E-state index contributed by atoms with van der Waals surface area (Å²) in [7, 11) is 0. The van der Waals surface area contributed by atoms with E-state index in [0.717, 1.165) is 18.1 Å². The number of rotatable bonds is 7. The van der Waals surface area contributed by atoms with Gasteiger partial charge in [-0.05, 0) is 38.0 Å². The maximum Gasteiger partial charge on any atom is 0.191 e. The molecule has 0 fully saturated rings. The van der Waals surface area contributed by atoms with Crippen molar-refractivity contribution in [3.8, 4) is 0 Å². The Hall–Kier alpha value is -1.85. The highest BCUT2D eigenvalue weighted by Crippen LogP contribution is 2.16. The first-order chi connectivity index (χ1) is 11.2. The van der Waals surface area contributed by atoms with Gasteiger partial charge in [0.1, 0.15) is 0 Å². The van der Waals surface area contributed by atoms with Crippen LogP contribution in [-0.4, -0.2) is 24.2 Å². The van der Waals surface area contributed by atoms with Gasteiger partial charge in [-0.2, -0.15) is 0 Å². The monoisotopic (exact) mass is 331 g/mol. The van der Waals surface area contributed by atoms with Crippen molar-refractivity contribution >= 4 is 17.3 Å². The normalized spacial score (nSPS) is 12.9. The zero-order valence-electron chi connectivity index (χ0n) is 13.7. The Morgan fingerprint density at radius 1 is 1.17 bits per heavy atom. The van der Waals surface area contributed by atoms with Crippen molar-refractivity contribution in [1.82, 2.24) is 10.6 Å². The van der Waals surface area contributed by atoms with Gasteiger partial charge in [0.05, 0.1) is 12.6 Å². The van der Waals surface area contributed by atoms with E-state index in [-0.39, 0.29) is 0 Å². The minimum Gasteiger partial charge on any atom is -0.388 e. The van der Waals surface area contributed by atoms with Gasteiger partial charge in [0, 0.05) is 22.8 Å². The number of thiophene rings is 1. The van der Waals surface area contributed by atoms with Crippen LogP contribution in [0.15, 0.2) is 47.5 Å². The maximum absolute atomic E-state index is 10.2. The van der Waals surface area contributed by atoms with Crippen LogP contribution in [0.3, 0.4) is 0 Å². The Labute approximate surface area is 142 Å². The van der Waals surface area contributed by atoms with E-state index in [2.05, 4.69) is 34.7 Å². The maximum atomic E-state index is 10.2. The van der Waals surface area contributed by atoms with Gasteiger partial charge < -0.3 is 15.7 Å². The standard InChI is InChI=1S/C18H25N3OS/c1-3-19-18(21-13-16-10-9-14(2)23-16)20-12-11-17(22)15-7-5-4-6-8-15/h4-10,17,22H,3,11-13H2,1-2H3,(H2,19,20,21). The lowest BCUT2D eigenvalue weighted by Crippen LogP contribution is -2.38. The average Bonchev–Trinajstić information content (AvgIpc) is 2.99. The van der Waals surface area contributed by atoms with Crippen LogP contribution in [0.4, 0.5) is 0 Å². The van der Waals surface area contributed by atoms with E-state index >= 15 is 0 Å². The van der Waals surface area contributed by atoms with E-state index in [0.29, 0.717) is 19.5 Å². The molecule has 0 radical (unpaired) electrons. The highest BCUT2D eigenvalue weighted by molar-refractivity contribution is 7.11. The molecule has 0 saturated heterocycles. The summed E-state index contributed by atoms with van der Waals surface area (Å²) in [4.78, 5) is 7.15. The minimum absolute atomic E-state index is 0.452. The number of hydrogen-bond donors (Lipinski definition) is 3. The van der Waals surface area contributed by atoms with Gasteiger partial charge in [-0.15, -0.1) is 11.3 Å². The van der Waals surface area contributed by atoms with E-state index < -0.39 is 6.10 Å². The number of guanidine groups is 1. The summed E-state index contributed by atoms with van der Waals surface area (Å²) in [5, 5.41) is 16.7. The van der Waals surface area contributed by atoms with Crippen molar-refractivity contribution in [1.29, 1.82) is 0 Å². The lowest BCUT2D eigenvalue weighted by molar-refractivity contribution is 0.168. The fourth-order valence-electron chi connectivity index (χ4n) is 2.24. The second kappa shape index (κ2) is 9.33. The van der Waals surface area contributed by atoms with Crippen molar-refractivity contribution in [2.24, 2.45) is 4.99 Å². The summed E-state index contributed by atoms with van der Waals surface area (Å²) in [5.41, 5.74) is 0.949. The third-order valence-electron chi connectivity index (χ3n) is 3.43. The van der Waals surface area contributed by atoms with Gasteiger partial charge in [-0.25, -0.2) is 4.99 Å². The molecule has 1 heterocycles. The first kappa shape index (κ1) is 17.5. The molecule has 0 aliphatic carbocycles. The molecule has 0 spiro atoms. The van der Waals surface area contributed by atoms with Crippen molar-refractivity contribution in [2.75, 3.05) is 13.1 Å². The van der Waals surface area contributed by atoms with Crippen LogP contribution in [-0.2, 0) is 6.54 Å². The number of aliphatic imine (C=N–C) groups is 1. The molecular formula is C18H25N3OS. The number of aryl methyl sites for hydroxylation is 1. The fraction of sp³-hybridized carbons (Fsp3) is 0.389. The molecule has 2 rings (SSSR count). The fourth-order valence-corrected chi connectivity index (χ4v) is 3.05. The van der Waals surface area contributed by atoms with Crippen molar-refractivity contribution in [3.63, 3.8) is 0 Å². The number of benzene rings is 1. The summed E-state index contributed by atoms with van der Waals surface area (Å²) in [6.07, 6.45) is 0.193. The van der Waals surface area contributed by atoms with E-state index in [1.54, 1.807) is 11.3 Å². The lowest BCUT2D eigenvalue weighted by Gasteiger charge is -2.14. The molecule has 1 unspecified atom stereocenters. The average molecular weight is 331 g/mol. The van der Waals surface area contributed by atoms with Crippen LogP contribution in [0, 0.1) is 6.92 Å². The number of aliphatic hydroxyl groups excluding tert-OH is 1. The van der Waals surface area contributed by atoms with Crippen molar-refractivity contribution in [3.05, 3.63) is 57.8 Å². The highest BCUT2D eigenvalue weighted by atomic mass is 32.1. The van der Waals surface area contributed by atoms with E-state index in [1.165, 1.54) is 9.75 Å². The molecule has 1 aromatic heterocycles. The topological polar surface area (TPSA) is 56.7 Å². The van der Waals surface area contributed by atoms with E-state index in [1.807, 2.05) is 37.3 Å². The molecule has 0 amide bonds. The molecular weight excluding hydrogens is 306 g/mol. The zero-order chi connectivity index (χ0) is 16.5. The molecule has 0 aliphatic rings. The Morgan fingerprint density at radius 2 is 1.96 bits per heavy atom. The molecule has 2 aromatic rings. The third kappa shape index (κ3) is 6.04. The molecule has 1 atom stereocenters. The Bertz CT molecular complexity index is 610. The smallest absolute Gasteiger partial charge is 0.191 e. The quantitative estimate of drug-likeness (QED) is 0.539. The molecule has 0 saturated carbocycles. The number of nitrogens with zero attached hydrogens (tertiary/aromatic N) is 1. The third-order valence-corrected chi connectivity index (χ3v) is 4.41.